The monoisotopic (exact) mass is 285 g/mol. The molecule has 5 heteroatoms. The highest BCUT2D eigenvalue weighted by atomic mass is 16.1. The second-order valence-corrected chi connectivity index (χ2v) is 4.92. The highest BCUT2D eigenvalue weighted by molar-refractivity contribution is 5.80. The normalized spacial score (nSPS) is 10.4. The lowest BCUT2D eigenvalue weighted by atomic mass is 10.1. The second kappa shape index (κ2) is 6.83. The largest absolute Gasteiger partial charge is 0.373 e. The Balaban J connectivity index is 2.06. The van der Waals surface area contributed by atoms with Gasteiger partial charge in [-0.15, -0.1) is 0 Å². The van der Waals surface area contributed by atoms with Gasteiger partial charge in [0.05, 0.1) is 11.9 Å². The van der Waals surface area contributed by atoms with Gasteiger partial charge in [-0.05, 0) is 12.5 Å². The van der Waals surface area contributed by atoms with Crippen LogP contribution in [0.15, 0.2) is 47.4 Å². The first-order chi connectivity index (χ1) is 10.1. The standard InChI is InChI=1S/C16H19N3O2/c1-3-18(2)14-10-16(21)19(17-11-14)12-15(20)9-13-7-5-4-6-8-13/h4-8,10-11H,3,9,12H2,1-2H3. The average molecular weight is 285 g/mol. The van der Waals surface area contributed by atoms with Crippen molar-refractivity contribution in [1.82, 2.24) is 9.78 Å². The minimum atomic E-state index is -0.255. The quantitative estimate of drug-likeness (QED) is 0.807. The highest BCUT2D eigenvalue weighted by Gasteiger charge is 2.08. The average Bonchev–Trinajstić information content (AvgIpc) is 2.49. The van der Waals surface area contributed by atoms with Crippen molar-refractivity contribution in [1.29, 1.82) is 0 Å². The Hall–Kier alpha value is -2.43. The van der Waals surface area contributed by atoms with E-state index in [-0.39, 0.29) is 17.9 Å². The molecule has 1 aromatic heterocycles. The number of nitrogens with zero attached hydrogens (tertiary/aromatic N) is 3. The van der Waals surface area contributed by atoms with Crippen molar-refractivity contribution in [3.05, 3.63) is 58.5 Å². The summed E-state index contributed by atoms with van der Waals surface area (Å²) < 4.78 is 1.21. The van der Waals surface area contributed by atoms with Crippen molar-refractivity contribution >= 4 is 11.5 Å². The van der Waals surface area contributed by atoms with Gasteiger partial charge in [-0.3, -0.25) is 9.59 Å². The van der Waals surface area contributed by atoms with Crippen molar-refractivity contribution in [2.45, 2.75) is 19.9 Å². The predicted octanol–water partition coefficient (Wildman–Crippen LogP) is 1.51. The van der Waals surface area contributed by atoms with Crippen LogP contribution in [0, 0.1) is 0 Å². The lowest BCUT2D eigenvalue weighted by Gasteiger charge is -2.16. The summed E-state index contributed by atoms with van der Waals surface area (Å²) in [7, 11) is 1.89. The van der Waals surface area contributed by atoms with E-state index in [9.17, 15) is 9.59 Å². The van der Waals surface area contributed by atoms with Crippen molar-refractivity contribution < 1.29 is 4.79 Å². The van der Waals surface area contributed by atoms with Gasteiger partial charge in [0.25, 0.3) is 5.56 Å². The molecule has 0 aliphatic rings. The van der Waals surface area contributed by atoms with E-state index in [1.54, 1.807) is 6.20 Å². The molecular formula is C16H19N3O2. The second-order valence-electron chi connectivity index (χ2n) is 4.92. The van der Waals surface area contributed by atoms with Gasteiger partial charge in [-0.2, -0.15) is 5.10 Å². The number of hydrogen-bond donors (Lipinski definition) is 0. The molecule has 0 amide bonds. The zero-order chi connectivity index (χ0) is 15.2. The molecule has 21 heavy (non-hydrogen) atoms. The van der Waals surface area contributed by atoms with Gasteiger partial charge in [-0.1, -0.05) is 30.3 Å². The Morgan fingerprint density at radius 2 is 2.00 bits per heavy atom. The minimum absolute atomic E-state index is 0.00382. The number of aromatic nitrogens is 2. The van der Waals surface area contributed by atoms with Gasteiger partial charge in [0.15, 0.2) is 5.78 Å². The molecule has 0 aliphatic heterocycles. The van der Waals surface area contributed by atoms with Gasteiger partial charge >= 0.3 is 0 Å². The molecule has 2 aromatic rings. The smallest absolute Gasteiger partial charge is 0.269 e. The van der Waals surface area contributed by atoms with Gasteiger partial charge in [0, 0.05) is 26.1 Å². The van der Waals surface area contributed by atoms with Crippen LogP contribution in [0.4, 0.5) is 5.69 Å². The SMILES string of the molecule is CCN(C)c1cnn(CC(=O)Cc2ccccc2)c(=O)c1. The van der Waals surface area contributed by atoms with Crippen molar-refractivity contribution in [2.24, 2.45) is 0 Å². The summed E-state index contributed by atoms with van der Waals surface area (Å²) in [5.74, 6) is -0.0348. The zero-order valence-corrected chi connectivity index (χ0v) is 12.3. The Morgan fingerprint density at radius 1 is 1.29 bits per heavy atom. The molecule has 2 rings (SSSR count). The summed E-state index contributed by atoms with van der Waals surface area (Å²) in [5.41, 5.74) is 1.45. The molecule has 0 unspecified atom stereocenters. The van der Waals surface area contributed by atoms with Crippen LogP contribution in [0.2, 0.25) is 0 Å². The number of benzene rings is 1. The van der Waals surface area contributed by atoms with Crippen LogP contribution in [-0.2, 0) is 17.8 Å². The molecule has 0 saturated heterocycles. The van der Waals surface area contributed by atoms with Crippen molar-refractivity contribution in [3.63, 3.8) is 0 Å². The molecule has 0 N–H and O–H groups in total. The van der Waals surface area contributed by atoms with Crippen LogP contribution in [0.1, 0.15) is 12.5 Å². The van der Waals surface area contributed by atoms with Gasteiger partial charge < -0.3 is 4.90 Å². The molecule has 0 spiro atoms. The van der Waals surface area contributed by atoms with E-state index in [1.807, 2.05) is 49.2 Å². The van der Waals surface area contributed by atoms with Gasteiger partial charge in [0.2, 0.25) is 0 Å². The molecule has 0 aliphatic carbocycles. The molecule has 0 saturated carbocycles. The van der Waals surface area contributed by atoms with E-state index < -0.39 is 0 Å². The van der Waals surface area contributed by atoms with Crippen LogP contribution >= 0.6 is 0 Å². The summed E-state index contributed by atoms with van der Waals surface area (Å²) in [5, 5.41) is 4.07. The van der Waals surface area contributed by atoms with Crippen molar-refractivity contribution in [2.75, 3.05) is 18.5 Å². The number of carbonyl (C=O) groups excluding carboxylic acids is 1. The molecule has 5 nitrogen and oxygen atoms in total. The molecule has 110 valence electrons. The third-order valence-corrected chi connectivity index (χ3v) is 3.34. The maximum absolute atomic E-state index is 12.0. The highest BCUT2D eigenvalue weighted by Crippen LogP contribution is 2.06. The fourth-order valence-corrected chi connectivity index (χ4v) is 1.98. The topological polar surface area (TPSA) is 55.2 Å². The van der Waals surface area contributed by atoms with Crippen molar-refractivity contribution in [3.8, 4) is 0 Å². The van der Waals surface area contributed by atoms with Crippen LogP contribution in [0.3, 0.4) is 0 Å². The predicted molar refractivity (Wildman–Crippen MR) is 82.6 cm³/mol. The number of hydrogen-bond acceptors (Lipinski definition) is 4. The van der Waals surface area contributed by atoms with Crippen LogP contribution in [0.5, 0.6) is 0 Å². The maximum atomic E-state index is 12.0. The van der Waals surface area contributed by atoms with E-state index in [4.69, 9.17) is 0 Å². The first-order valence-electron chi connectivity index (χ1n) is 6.94. The fourth-order valence-electron chi connectivity index (χ4n) is 1.98. The van der Waals surface area contributed by atoms with E-state index in [0.717, 1.165) is 17.8 Å². The molecule has 0 fully saturated rings. The minimum Gasteiger partial charge on any atom is -0.373 e. The van der Waals surface area contributed by atoms with E-state index in [1.165, 1.54) is 10.7 Å². The Bertz CT molecular complexity index is 665. The van der Waals surface area contributed by atoms with Crippen LogP contribution in [-0.4, -0.2) is 29.2 Å². The Labute approximate surface area is 123 Å². The van der Waals surface area contributed by atoms with E-state index >= 15 is 0 Å². The summed E-state index contributed by atoms with van der Waals surface area (Å²) in [4.78, 5) is 25.9. The zero-order valence-electron chi connectivity index (χ0n) is 12.3. The molecule has 1 heterocycles. The molecule has 1 aromatic carbocycles. The summed E-state index contributed by atoms with van der Waals surface area (Å²) in [6.07, 6.45) is 1.92. The first-order valence-corrected chi connectivity index (χ1v) is 6.94. The molecule has 0 radical (unpaired) electrons. The van der Waals surface area contributed by atoms with Gasteiger partial charge in [-0.25, -0.2) is 4.68 Å². The molecule has 0 bridgehead atoms. The number of carbonyl (C=O) groups is 1. The summed E-state index contributed by atoms with van der Waals surface area (Å²) in [6.45, 7) is 2.79. The first kappa shape index (κ1) is 15.0. The molecule has 0 atom stereocenters. The maximum Gasteiger partial charge on any atom is 0.269 e. The van der Waals surface area contributed by atoms with Gasteiger partial charge in [0.1, 0.15) is 6.54 Å². The third-order valence-electron chi connectivity index (χ3n) is 3.34. The number of ketones is 1. The van der Waals surface area contributed by atoms with Crippen LogP contribution < -0.4 is 10.5 Å². The Kier molecular flexibility index (Phi) is 4.87. The fraction of sp³-hybridized carbons (Fsp3) is 0.312. The summed E-state index contributed by atoms with van der Waals surface area (Å²) >= 11 is 0. The number of anilines is 1. The lowest BCUT2D eigenvalue weighted by Crippen LogP contribution is -2.28. The van der Waals surface area contributed by atoms with E-state index in [2.05, 4.69) is 5.10 Å². The third kappa shape index (κ3) is 4.02. The number of Topliss-reactive ketones (excluding diaryl/α,β-unsaturated/α-hetero) is 1. The Morgan fingerprint density at radius 3 is 2.62 bits per heavy atom. The number of rotatable bonds is 6. The molecular weight excluding hydrogens is 266 g/mol. The van der Waals surface area contributed by atoms with E-state index in [0.29, 0.717) is 6.42 Å². The lowest BCUT2D eigenvalue weighted by molar-refractivity contribution is -0.119. The van der Waals surface area contributed by atoms with Crippen LogP contribution in [0.25, 0.3) is 0 Å². The summed E-state index contributed by atoms with van der Waals surface area (Å²) in [6, 6.07) is 11.0.